The van der Waals surface area contributed by atoms with E-state index in [0.717, 1.165) is 25.7 Å². The minimum absolute atomic E-state index is 0.0159. The lowest BCUT2D eigenvalue weighted by Crippen LogP contribution is -2.20. The molecule has 0 rings (SSSR count). The third-order valence-electron chi connectivity index (χ3n) is 3.18. The Kier molecular flexibility index (Phi) is 16.2. The Morgan fingerprint density at radius 3 is 1.95 bits per heavy atom. The Morgan fingerprint density at radius 1 is 0.909 bits per heavy atom. The van der Waals surface area contributed by atoms with E-state index in [9.17, 15) is 4.79 Å². The van der Waals surface area contributed by atoms with Crippen LogP contribution in [-0.4, -0.2) is 63.9 Å². The van der Waals surface area contributed by atoms with E-state index >= 15 is 0 Å². The van der Waals surface area contributed by atoms with Crippen LogP contribution in [0.4, 0.5) is 0 Å². The minimum atomic E-state index is -0.114. The molecular formula is C16H32O6. The molecule has 0 aromatic rings. The van der Waals surface area contributed by atoms with Crippen molar-refractivity contribution in [3.05, 3.63) is 0 Å². The summed E-state index contributed by atoms with van der Waals surface area (Å²) in [6.45, 7) is 7.06. The summed E-state index contributed by atoms with van der Waals surface area (Å²) >= 11 is 0. The van der Waals surface area contributed by atoms with Crippen molar-refractivity contribution in [2.24, 2.45) is 5.92 Å². The lowest BCUT2D eigenvalue weighted by Gasteiger charge is -2.13. The number of hydrogen-bond acceptors (Lipinski definition) is 6. The smallest absolute Gasteiger partial charge is 0.308 e. The van der Waals surface area contributed by atoms with Gasteiger partial charge in [-0.25, -0.2) is 0 Å². The molecule has 0 heterocycles. The summed E-state index contributed by atoms with van der Waals surface area (Å²) in [7, 11) is 0. The lowest BCUT2D eigenvalue weighted by molar-refractivity contribution is -0.150. The Labute approximate surface area is 134 Å². The first kappa shape index (κ1) is 21.3. The van der Waals surface area contributed by atoms with Crippen LogP contribution in [-0.2, 0) is 23.7 Å². The highest BCUT2D eigenvalue weighted by atomic mass is 16.6. The van der Waals surface area contributed by atoms with Gasteiger partial charge in [-0.3, -0.25) is 4.79 Å². The van der Waals surface area contributed by atoms with Crippen molar-refractivity contribution in [3.8, 4) is 0 Å². The van der Waals surface area contributed by atoms with Crippen LogP contribution in [0, 0.1) is 5.92 Å². The zero-order chi connectivity index (χ0) is 16.5. The second-order valence-electron chi connectivity index (χ2n) is 4.98. The van der Waals surface area contributed by atoms with Gasteiger partial charge < -0.3 is 24.1 Å². The highest BCUT2D eigenvalue weighted by Gasteiger charge is 2.16. The Hall–Kier alpha value is -0.690. The highest BCUT2D eigenvalue weighted by molar-refractivity contribution is 5.72. The molecule has 0 aromatic heterocycles. The molecule has 1 N–H and O–H groups in total. The number of aliphatic hydroxyl groups excluding tert-OH is 1. The largest absolute Gasteiger partial charge is 0.463 e. The summed E-state index contributed by atoms with van der Waals surface area (Å²) in [6.07, 6.45) is 3.88. The fraction of sp³-hybridized carbons (Fsp3) is 0.938. The first-order valence-corrected chi connectivity index (χ1v) is 8.26. The number of rotatable bonds is 16. The topological polar surface area (TPSA) is 74.2 Å². The van der Waals surface area contributed by atoms with Crippen LogP contribution in [0.25, 0.3) is 0 Å². The molecule has 0 amide bonds. The predicted molar refractivity (Wildman–Crippen MR) is 83.8 cm³/mol. The van der Waals surface area contributed by atoms with E-state index in [-0.39, 0.29) is 18.5 Å². The zero-order valence-corrected chi connectivity index (χ0v) is 14.1. The molecule has 0 saturated carbocycles. The van der Waals surface area contributed by atoms with Gasteiger partial charge >= 0.3 is 5.97 Å². The van der Waals surface area contributed by atoms with Gasteiger partial charge in [0.25, 0.3) is 0 Å². The molecule has 0 saturated heterocycles. The second kappa shape index (κ2) is 16.7. The first-order chi connectivity index (χ1) is 10.8. The fourth-order valence-corrected chi connectivity index (χ4v) is 1.86. The predicted octanol–water partition coefficient (Wildman–Crippen LogP) is 1.79. The van der Waals surface area contributed by atoms with Crippen LogP contribution in [0.2, 0.25) is 0 Å². The van der Waals surface area contributed by atoms with E-state index in [1.54, 1.807) is 0 Å². The molecule has 6 nitrogen and oxygen atoms in total. The SMILES string of the molecule is CCCCC(CC)C(=O)OCCOCCOCCOCCO. The average Bonchev–Trinajstić information content (AvgIpc) is 2.53. The standard InChI is InChI=1S/C16H32O6/c1-3-5-6-15(4-2)16(18)22-14-13-21-12-11-20-10-9-19-8-7-17/h15,17H,3-14H2,1-2H3. The molecule has 132 valence electrons. The van der Waals surface area contributed by atoms with E-state index < -0.39 is 0 Å². The van der Waals surface area contributed by atoms with Crippen molar-refractivity contribution in [1.29, 1.82) is 0 Å². The van der Waals surface area contributed by atoms with Gasteiger partial charge in [-0.1, -0.05) is 26.7 Å². The molecule has 0 fully saturated rings. The van der Waals surface area contributed by atoms with Crippen molar-refractivity contribution in [2.75, 3.05) is 52.9 Å². The van der Waals surface area contributed by atoms with Gasteiger partial charge in [0.1, 0.15) is 6.61 Å². The monoisotopic (exact) mass is 320 g/mol. The second-order valence-corrected chi connectivity index (χ2v) is 4.98. The minimum Gasteiger partial charge on any atom is -0.463 e. The Bertz CT molecular complexity index is 247. The van der Waals surface area contributed by atoms with Gasteiger partial charge in [-0.05, 0) is 12.8 Å². The van der Waals surface area contributed by atoms with Gasteiger partial charge in [-0.2, -0.15) is 0 Å². The van der Waals surface area contributed by atoms with Crippen LogP contribution >= 0.6 is 0 Å². The van der Waals surface area contributed by atoms with E-state index in [4.69, 9.17) is 24.1 Å². The Morgan fingerprint density at radius 2 is 1.45 bits per heavy atom. The number of aliphatic hydroxyl groups is 1. The fourth-order valence-electron chi connectivity index (χ4n) is 1.86. The maximum atomic E-state index is 11.8. The molecule has 0 radical (unpaired) electrons. The number of hydrogen-bond donors (Lipinski definition) is 1. The van der Waals surface area contributed by atoms with Crippen molar-refractivity contribution >= 4 is 5.97 Å². The van der Waals surface area contributed by atoms with Crippen LogP contribution in [0.5, 0.6) is 0 Å². The highest BCUT2D eigenvalue weighted by Crippen LogP contribution is 2.14. The van der Waals surface area contributed by atoms with Gasteiger partial charge in [0.05, 0.1) is 52.2 Å². The normalized spacial score (nSPS) is 12.3. The quantitative estimate of drug-likeness (QED) is 0.345. The number of carbonyl (C=O) groups excluding carboxylic acids is 1. The molecular weight excluding hydrogens is 288 g/mol. The van der Waals surface area contributed by atoms with Crippen molar-refractivity contribution in [3.63, 3.8) is 0 Å². The first-order valence-electron chi connectivity index (χ1n) is 8.26. The van der Waals surface area contributed by atoms with Gasteiger partial charge in [-0.15, -0.1) is 0 Å². The van der Waals surface area contributed by atoms with Gasteiger partial charge in [0.2, 0.25) is 0 Å². The zero-order valence-electron chi connectivity index (χ0n) is 14.1. The maximum absolute atomic E-state index is 11.8. The summed E-state index contributed by atoms with van der Waals surface area (Å²) in [6, 6.07) is 0. The average molecular weight is 320 g/mol. The Balaban J connectivity index is 3.35. The van der Waals surface area contributed by atoms with Crippen molar-refractivity contribution in [2.45, 2.75) is 39.5 Å². The van der Waals surface area contributed by atoms with Crippen molar-refractivity contribution in [1.82, 2.24) is 0 Å². The summed E-state index contributed by atoms with van der Waals surface area (Å²) < 4.78 is 20.8. The van der Waals surface area contributed by atoms with Gasteiger partial charge in [0, 0.05) is 0 Å². The molecule has 0 aliphatic rings. The number of ether oxygens (including phenoxy) is 4. The summed E-state index contributed by atoms with van der Waals surface area (Å²) in [5.41, 5.74) is 0. The summed E-state index contributed by atoms with van der Waals surface area (Å²) in [5, 5.41) is 8.50. The van der Waals surface area contributed by atoms with Gasteiger partial charge in [0.15, 0.2) is 0 Å². The number of unbranched alkanes of at least 4 members (excludes halogenated alkanes) is 1. The number of esters is 1. The van der Waals surface area contributed by atoms with Crippen LogP contribution < -0.4 is 0 Å². The molecule has 0 aliphatic heterocycles. The third-order valence-corrected chi connectivity index (χ3v) is 3.18. The summed E-state index contributed by atoms with van der Waals surface area (Å²) in [4.78, 5) is 11.8. The molecule has 6 heteroatoms. The van der Waals surface area contributed by atoms with E-state index in [0.29, 0.717) is 46.2 Å². The molecule has 0 bridgehead atoms. The van der Waals surface area contributed by atoms with Crippen LogP contribution in [0.15, 0.2) is 0 Å². The van der Waals surface area contributed by atoms with E-state index in [1.165, 1.54) is 0 Å². The number of carbonyl (C=O) groups is 1. The van der Waals surface area contributed by atoms with Crippen LogP contribution in [0.3, 0.4) is 0 Å². The molecule has 0 aliphatic carbocycles. The summed E-state index contributed by atoms with van der Waals surface area (Å²) in [5.74, 6) is -0.0981. The van der Waals surface area contributed by atoms with Crippen molar-refractivity contribution < 1.29 is 28.8 Å². The molecule has 1 unspecified atom stereocenters. The van der Waals surface area contributed by atoms with E-state index in [2.05, 4.69) is 6.92 Å². The third kappa shape index (κ3) is 13.0. The van der Waals surface area contributed by atoms with E-state index in [1.807, 2.05) is 6.92 Å². The van der Waals surface area contributed by atoms with Crippen LogP contribution in [0.1, 0.15) is 39.5 Å². The lowest BCUT2D eigenvalue weighted by atomic mass is 10.00. The molecule has 0 spiro atoms. The molecule has 22 heavy (non-hydrogen) atoms. The molecule has 0 aromatic carbocycles. The maximum Gasteiger partial charge on any atom is 0.308 e. The molecule has 1 atom stereocenters.